The Bertz CT molecular complexity index is 603. The molecular weight excluding hydrogens is 268 g/mol. The summed E-state index contributed by atoms with van der Waals surface area (Å²) in [5.74, 6) is 0. The van der Waals surface area contributed by atoms with E-state index in [4.69, 9.17) is 28.6 Å². The molecule has 1 heterocycles. The van der Waals surface area contributed by atoms with E-state index in [9.17, 15) is 0 Å². The molecule has 0 aliphatic heterocycles. The molecule has 18 heavy (non-hydrogen) atoms. The van der Waals surface area contributed by atoms with Crippen molar-refractivity contribution in [1.29, 1.82) is 0 Å². The minimum absolute atomic E-state index is 0.627. The first kappa shape index (κ1) is 13.3. The molecule has 0 amide bonds. The Balaban J connectivity index is 2.12. The molecule has 0 radical (unpaired) electrons. The predicted octanol–water partition coefficient (Wildman–Crippen LogP) is 3.94. The zero-order chi connectivity index (χ0) is 13.0. The van der Waals surface area contributed by atoms with Gasteiger partial charge < -0.3 is 14.3 Å². The zero-order valence-corrected chi connectivity index (χ0v) is 11.6. The molecule has 1 N–H and O–H groups in total. The van der Waals surface area contributed by atoms with E-state index in [-0.39, 0.29) is 0 Å². The van der Waals surface area contributed by atoms with E-state index in [0.29, 0.717) is 23.0 Å². The Hall–Kier alpha value is -1.10. The number of hydrogen-bond acceptors (Lipinski definition) is 2. The van der Waals surface area contributed by atoms with Gasteiger partial charge in [0.25, 0.3) is 0 Å². The molecule has 0 saturated carbocycles. The van der Waals surface area contributed by atoms with Gasteiger partial charge in [-0.05, 0) is 36.8 Å². The van der Waals surface area contributed by atoms with E-state index in [1.807, 2.05) is 28.8 Å². The number of hydrogen-bond donors (Lipinski definition) is 1. The lowest BCUT2D eigenvalue weighted by atomic mass is 10.3. The van der Waals surface area contributed by atoms with Gasteiger partial charge in [-0.25, -0.2) is 0 Å². The van der Waals surface area contributed by atoms with Gasteiger partial charge >= 0.3 is 0 Å². The maximum Gasteiger partial charge on any atom is 0.178 e. The fraction of sp³-hybridized carbons (Fsp3) is 0.308. The average molecular weight is 283 g/mol. The lowest BCUT2D eigenvalue weighted by Gasteiger charge is -2.05. The quantitative estimate of drug-likeness (QED) is 0.494. The molecular formula is C13H15ClN2OS. The van der Waals surface area contributed by atoms with Crippen LogP contribution in [0, 0.1) is 4.77 Å². The Kier molecular flexibility index (Phi) is 4.58. The van der Waals surface area contributed by atoms with Crippen molar-refractivity contribution in [2.24, 2.45) is 0 Å². The second-order valence-electron chi connectivity index (χ2n) is 3.93. The maximum absolute atomic E-state index is 6.00. The lowest BCUT2D eigenvalue weighted by molar-refractivity contribution is 0.131. The van der Waals surface area contributed by atoms with Gasteiger partial charge in [-0.2, -0.15) is 0 Å². The number of fused-ring (bicyclic) bond motifs is 1. The number of aromatic amines is 1. The number of H-pyrrole nitrogens is 1. The summed E-state index contributed by atoms with van der Waals surface area (Å²) in [6, 6.07) is 5.69. The first-order valence-corrected chi connectivity index (χ1v) is 6.57. The highest BCUT2D eigenvalue weighted by Gasteiger charge is 2.04. The molecule has 0 unspecified atom stereocenters. The Labute approximate surface area is 116 Å². The largest absolute Gasteiger partial charge is 0.379 e. The minimum atomic E-state index is 0.627. The predicted molar refractivity (Wildman–Crippen MR) is 77.8 cm³/mol. The van der Waals surface area contributed by atoms with E-state index >= 15 is 0 Å². The molecule has 0 atom stereocenters. The van der Waals surface area contributed by atoms with Crippen molar-refractivity contribution in [3.8, 4) is 0 Å². The number of nitrogens with one attached hydrogen (secondary N) is 1. The van der Waals surface area contributed by atoms with Crippen LogP contribution in [0.5, 0.6) is 0 Å². The van der Waals surface area contributed by atoms with Crippen LogP contribution in [0.15, 0.2) is 30.9 Å². The van der Waals surface area contributed by atoms with Crippen molar-refractivity contribution < 1.29 is 4.74 Å². The SMILES string of the molecule is C=CCCOCCn1c(=S)[nH]c2ccc(Cl)cc21. The summed E-state index contributed by atoms with van der Waals surface area (Å²) in [7, 11) is 0. The van der Waals surface area contributed by atoms with Crippen LogP contribution in [0.1, 0.15) is 6.42 Å². The van der Waals surface area contributed by atoms with Crippen molar-refractivity contribution in [2.45, 2.75) is 13.0 Å². The normalized spacial score (nSPS) is 10.9. The molecule has 96 valence electrons. The monoisotopic (exact) mass is 282 g/mol. The van der Waals surface area contributed by atoms with Crippen molar-refractivity contribution in [2.75, 3.05) is 13.2 Å². The van der Waals surface area contributed by atoms with Gasteiger partial charge in [-0.3, -0.25) is 0 Å². The molecule has 2 rings (SSSR count). The molecule has 1 aromatic carbocycles. The third-order valence-corrected chi connectivity index (χ3v) is 3.22. The molecule has 0 spiro atoms. The zero-order valence-electron chi connectivity index (χ0n) is 9.99. The fourth-order valence-corrected chi connectivity index (χ4v) is 2.24. The highest BCUT2D eigenvalue weighted by atomic mass is 35.5. The van der Waals surface area contributed by atoms with E-state index in [2.05, 4.69) is 11.6 Å². The molecule has 1 aromatic heterocycles. The van der Waals surface area contributed by atoms with Crippen LogP contribution in [-0.4, -0.2) is 22.8 Å². The van der Waals surface area contributed by atoms with E-state index in [0.717, 1.165) is 24.0 Å². The van der Waals surface area contributed by atoms with Gasteiger partial charge in [-0.1, -0.05) is 17.7 Å². The Morgan fingerprint density at radius 1 is 1.44 bits per heavy atom. The molecule has 0 fully saturated rings. The summed E-state index contributed by atoms with van der Waals surface area (Å²) in [6.45, 7) is 5.69. The summed E-state index contributed by atoms with van der Waals surface area (Å²) < 4.78 is 8.19. The number of imidazole rings is 1. The van der Waals surface area contributed by atoms with Crippen LogP contribution >= 0.6 is 23.8 Å². The van der Waals surface area contributed by atoms with Crippen LogP contribution in [0.3, 0.4) is 0 Å². The lowest BCUT2D eigenvalue weighted by Crippen LogP contribution is -2.06. The molecule has 0 aliphatic rings. The Morgan fingerprint density at radius 3 is 3.06 bits per heavy atom. The Morgan fingerprint density at radius 2 is 2.28 bits per heavy atom. The third-order valence-electron chi connectivity index (χ3n) is 2.66. The highest BCUT2D eigenvalue weighted by Crippen LogP contribution is 2.19. The van der Waals surface area contributed by atoms with Crippen LogP contribution in [-0.2, 0) is 11.3 Å². The van der Waals surface area contributed by atoms with Crippen LogP contribution in [0.2, 0.25) is 5.02 Å². The highest BCUT2D eigenvalue weighted by molar-refractivity contribution is 7.71. The van der Waals surface area contributed by atoms with Gasteiger partial charge in [-0.15, -0.1) is 6.58 Å². The second-order valence-corrected chi connectivity index (χ2v) is 4.76. The minimum Gasteiger partial charge on any atom is -0.379 e. The molecule has 0 bridgehead atoms. The van der Waals surface area contributed by atoms with Gasteiger partial charge in [0.05, 0.1) is 24.2 Å². The van der Waals surface area contributed by atoms with Crippen LogP contribution in [0.4, 0.5) is 0 Å². The van der Waals surface area contributed by atoms with Crippen LogP contribution in [0.25, 0.3) is 11.0 Å². The number of benzene rings is 1. The number of aromatic nitrogens is 2. The summed E-state index contributed by atoms with van der Waals surface area (Å²) in [4.78, 5) is 3.15. The molecule has 2 aromatic rings. The topological polar surface area (TPSA) is 29.9 Å². The molecule has 0 aliphatic carbocycles. The van der Waals surface area contributed by atoms with Crippen molar-refractivity contribution in [3.63, 3.8) is 0 Å². The summed E-state index contributed by atoms with van der Waals surface area (Å²) in [6.07, 6.45) is 2.71. The number of ether oxygens (including phenoxy) is 1. The first-order valence-electron chi connectivity index (χ1n) is 5.79. The summed E-state index contributed by atoms with van der Waals surface area (Å²) >= 11 is 11.3. The number of rotatable bonds is 6. The van der Waals surface area contributed by atoms with E-state index < -0.39 is 0 Å². The van der Waals surface area contributed by atoms with Crippen LogP contribution < -0.4 is 0 Å². The third kappa shape index (κ3) is 3.02. The van der Waals surface area contributed by atoms with Crippen molar-refractivity contribution in [3.05, 3.63) is 40.6 Å². The summed E-state index contributed by atoms with van der Waals surface area (Å²) in [5, 5.41) is 0.706. The van der Waals surface area contributed by atoms with Gasteiger partial charge in [0, 0.05) is 11.6 Å². The van der Waals surface area contributed by atoms with Crippen molar-refractivity contribution >= 4 is 34.9 Å². The summed E-state index contributed by atoms with van der Waals surface area (Å²) in [5.41, 5.74) is 2.01. The first-order chi connectivity index (χ1) is 8.72. The smallest absolute Gasteiger partial charge is 0.178 e. The van der Waals surface area contributed by atoms with E-state index in [1.54, 1.807) is 0 Å². The molecule has 3 nitrogen and oxygen atoms in total. The second kappa shape index (κ2) is 6.18. The molecule has 0 saturated heterocycles. The van der Waals surface area contributed by atoms with E-state index in [1.165, 1.54) is 0 Å². The van der Waals surface area contributed by atoms with Gasteiger partial charge in [0.15, 0.2) is 4.77 Å². The maximum atomic E-state index is 6.00. The number of halogens is 1. The fourth-order valence-electron chi connectivity index (χ4n) is 1.77. The standard InChI is InChI=1S/C13H15ClN2OS/c1-2-3-7-17-8-6-16-12-9-10(14)4-5-11(12)15-13(16)18/h2,4-5,9H,1,3,6-8H2,(H,15,18). The number of nitrogens with zero attached hydrogens (tertiary/aromatic N) is 1. The molecule has 5 heteroatoms. The van der Waals surface area contributed by atoms with Crippen molar-refractivity contribution in [1.82, 2.24) is 9.55 Å². The van der Waals surface area contributed by atoms with Gasteiger partial charge in [0.2, 0.25) is 0 Å². The average Bonchev–Trinajstić information content (AvgIpc) is 2.65. The van der Waals surface area contributed by atoms with Gasteiger partial charge in [0.1, 0.15) is 0 Å².